The predicted octanol–water partition coefficient (Wildman–Crippen LogP) is 5.68. The number of nitrogens with zero attached hydrogens (tertiary/aromatic N) is 2. The van der Waals surface area contributed by atoms with Gasteiger partial charge in [-0.1, -0.05) is 54.1 Å². The number of thiophene rings is 1. The maximum absolute atomic E-state index is 12.7. The van der Waals surface area contributed by atoms with Crippen LogP contribution in [0.1, 0.15) is 20.8 Å². The van der Waals surface area contributed by atoms with Gasteiger partial charge in [-0.25, -0.2) is 4.79 Å². The number of halogens is 1. The number of nitrogens with one attached hydrogen (secondary N) is 1. The first-order chi connectivity index (χ1) is 16.0. The SMILES string of the molecule is COC(=O)c1c(NC(=S)N2CCN(Cc3cccc(Cl)c3)CC2)sc(C)c1-c1ccccc1. The molecule has 0 unspecified atom stereocenters. The van der Waals surface area contributed by atoms with Crippen LogP contribution < -0.4 is 5.32 Å². The number of aryl methyl sites for hydroxylation is 1. The first-order valence-corrected chi connectivity index (χ1v) is 12.4. The molecule has 0 amide bonds. The van der Waals surface area contributed by atoms with Gasteiger partial charge in [-0.3, -0.25) is 4.90 Å². The Bertz CT molecular complexity index is 1140. The molecule has 3 aromatic rings. The van der Waals surface area contributed by atoms with Crippen molar-refractivity contribution in [2.75, 3.05) is 38.6 Å². The van der Waals surface area contributed by atoms with E-state index < -0.39 is 0 Å². The normalized spacial score (nSPS) is 14.2. The summed E-state index contributed by atoms with van der Waals surface area (Å²) in [7, 11) is 1.41. The van der Waals surface area contributed by atoms with Crippen molar-refractivity contribution in [2.24, 2.45) is 0 Å². The number of esters is 1. The van der Waals surface area contributed by atoms with Crippen LogP contribution in [-0.4, -0.2) is 54.2 Å². The zero-order chi connectivity index (χ0) is 23.4. The lowest BCUT2D eigenvalue weighted by Gasteiger charge is -2.36. The summed E-state index contributed by atoms with van der Waals surface area (Å²) >= 11 is 13.4. The molecule has 4 rings (SSSR count). The molecule has 1 N–H and O–H groups in total. The minimum atomic E-state index is -0.366. The molecule has 2 heterocycles. The molecular weight excluding hydrogens is 474 g/mol. The predicted molar refractivity (Wildman–Crippen MR) is 140 cm³/mol. The number of benzene rings is 2. The standard InChI is InChI=1S/C25H26ClN3O2S2/c1-17-21(19-8-4-3-5-9-19)22(24(30)31-2)23(33-17)27-25(32)29-13-11-28(12-14-29)16-18-7-6-10-20(26)15-18/h3-10,15H,11-14,16H2,1-2H3,(H,27,32). The van der Waals surface area contributed by atoms with Crippen molar-refractivity contribution >= 4 is 51.2 Å². The molecule has 0 bridgehead atoms. The van der Waals surface area contributed by atoms with Gasteiger partial charge in [0.05, 0.1) is 7.11 Å². The average molecular weight is 500 g/mol. The van der Waals surface area contributed by atoms with Crippen molar-refractivity contribution in [1.29, 1.82) is 0 Å². The lowest BCUT2D eigenvalue weighted by Crippen LogP contribution is -2.49. The van der Waals surface area contributed by atoms with Gasteiger partial charge in [0.2, 0.25) is 0 Å². The van der Waals surface area contributed by atoms with Crippen LogP contribution in [0.4, 0.5) is 5.00 Å². The van der Waals surface area contributed by atoms with E-state index in [1.54, 1.807) is 0 Å². The second-order valence-electron chi connectivity index (χ2n) is 7.92. The van der Waals surface area contributed by atoms with Gasteiger partial charge >= 0.3 is 5.97 Å². The van der Waals surface area contributed by atoms with Crippen molar-refractivity contribution in [1.82, 2.24) is 9.80 Å². The van der Waals surface area contributed by atoms with Gasteiger partial charge in [0.25, 0.3) is 0 Å². The number of anilines is 1. The molecule has 1 aromatic heterocycles. The molecule has 1 fully saturated rings. The third-order valence-corrected chi connectivity index (χ3v) is 7.33. The molecule has 5 nitrogen and oxygen atoms in total. The number of ether oxygens (including phenoxy) is 1. The molecule has 0 radical (unpaired) electrons. The Labute approximate surface area is 208 Å². The number of carbonyl (C=O) groups is 1. The van der Waals surface area contributed by atoms with Gasteiger partial charge in [0, 0.05) is 48.2 Å². The number of hydrogen-bond donors (Lipinski definition) is 1. The maximum Gasteiger partial charge on any atom is 0.341 e. The van der Waals surface area contributed by atoms with Crippen molar-refractivity contribution in [3.63, 3.8) is 0 Å². The molecule has 8 heteroatoms. The summed E-state index contributed by atoms with van der Waals surface area (Å²) < 4.78 is 5.11. The molecule has 1 saturated heterocycles. The third kappa shape index (κ3) is 5.55. The molecular formula is C25H26ClN3O2S2. The third-order valence-electron chi connectivity index (χ3n) is 5.71. The molecule has 1 aliphatic heterocycles. The topological polar surface area (TPSA) is 44.8 Å². The monoisotopic (exact) mass is 499 g/mol. The molecule has 172 valence electrons. The van der Waals surface area contributed by atoms with Crippen molar-refractivity contribution in [2.45, 2.75) is 13.5 Å². The first-order valence-electron chi connectivity index (χ1n) is 10.8. The molecule has 2 aromatic carbocycles. The van der Waals surface area contributed by atoms with Gasteiger partial charge in [0.15, 0.2) is 5.11 Å². The van der Waals surface area contributed by atoms with Crippen molar-refractivity contribution < 1.29 is 9.53 Å². The highest BCUT2D eigenvalue weighted by Crippen LogP contribution is 2.40. The van der Waals surface area contributed by atoms with Gasteiger partial charge in [-0.05, 0) is 42.4 Å². The number of methoxy groups -OCH3 is 1. The summed E-state index contributed by atoms with van der Waals surface area (Å²) in [4.78, 5) is 18.3. The quantitative estimate of drug-likeness (QED) is 0.360. The Balaban J connectivity index is 1.45. The Hall–Kier alpha value is -2.45. The summed E-state index contributed by atoms with van der Waals surface area (Å²) in [6.07, 6.45) is 0. The molecule has 1 aliphatic rings. The Morgan fingerprint density at radius 3 is 2.52 bits per heavy atom. The van der Waals surface area contributed by atoms with E-state index >= 15 is 0 Å². The van der Waals surface area contributed by atoms with Crippen LogP contribution in [-0.2, 0) is 11.3 Å². The number of rotatable bonds is 5. The van der Waals surface area contributed by atoms with E-state index in [0.29, 0.717) is 10.7 Å². The Kier molecular flexibility index (Phi) is 7.65. The zero-order valence-electron chi connectivity index (χ0n) is 18.6. The fourth-order valence-corrected chi connectivity index (χ4v) is 5.69. The van der Waals surface area contributed by atoms with E-state index in [4.69, 9.17) is 28.6 Å². The molecule has 0 saturated carbocycles. The summed E-state index contributed by atoms with van der Waals surface area (Å²) in [6.45, 7) is 6.31. The number of piperazine rings is 1. The number of carbonyl (C=O) groups excluding carboxylic acids is 1. The van der Waals surface area contributed by atoms with Crippen LogP contribution in [0.25, 0.3) is 11.1 Å². The smallest absolute Gasteiger partial charge is 0.341 e. The van der Waals surface area contributed by atoms with Crippen LogP contribution in [0.3, 0.4) is 0 Å². The molecule has 0 atom stereocenters. The van der Waals surface area contributed by atoms with Crippen LogP contribution in [0, 0.1) is 6.92 Å². The Morgan fingerprint density at radius 1 is 1.12 bits per heavy atom. The van der Waals surface area contributed by atoms with Crippen LogP contribution in [0.2, 0.25) is 5.02 Å². The van der Waals surface area contributed by atoms with Gasteiger partial charge < -0.3 is 15.0 Å². The fourth-order valence-electron chi connectivity index (χ4n) is 4.06. The van der Waals surface area contributed by atoms with E-state index in [9.17, 15) is 4.79 Å². The van der Waals surface area contributed by atoms with Crippen LogP contribution in [0.5, 0.6) is 0 Å². The van der Waals surface area contributed by atoms with E-state index in [1.165, 1.54) is 24.0 Å². The minimum Gasteiger partial charge on any atom is -0.465 e. The Morgan fingerprint density at radius 2 is 1.85 bits per heavy atom. The van der Waals surface area contributed by atoms with Crippen molar-refractivity contribution in [3.8, 4) is 11.1 Å². The second-order valence-corrected chi connectivity index (χ2v) is 9.97. The van der Waals surface area contributed by atoms with E-state index in [1.807, 2.05) is 55.5 Å². The second kappa shape index (κ2) is 10.7. The average Bonchev–Trinajstić information content (AvgIpc) is 3.15. The summed E-state index contributed by atoms with van der Waals surface area (Å²) in [5.41, 5.74) is 3.62. The number of thiocarbonyl (C=S) groups is 1. The lowest BCUT2D eigenvalue weighted by atomic mass is 10.0. The first kappa shape index (κ1) is 23.7. The highest BCUT2D eigenvalue weighted by Gasteiger charge is 2.26. The molecule has 0 aliphatic carbocycles. The summed E-state index contributed by atoms with van der Waals surface area (Å²) in [5, 5.41) is 5.46. The zero-order valence-corrected chi connectivity index (χ0v) is 21.0. The van der Waals surface area contributed by atoms with Crippen LogP contribution >= 0.6 is 35.2 Å². The molecule has 33 heavy (non-hydrogen) atoms. The molecule has 0 spiro atoms. The summed E-state index contributed by atoms with van der Waals surface area (Å²) in [5.74, 6) is -0.366. The fraction of sp³-hybridized carbons (Fsp3) is 0.280. The van der Waals surface area contributed by atoms with Crippen molar-refractivity contribution in [3.05, 3.63) is 75.6 Å². The lowest BCUT2D eigenvalue weighted by molar-refractivity contribution is 0.0603. The largest absolute Gasteiger partial charge is 0.465 e. The summed E-state index contributed by atoms with van der Waals surface area (Å²) in [6, 6.07) is 17.9. The maximum atomic E-state index is 12.7. The van der Waals surface area contributed by atoms with Gasteiger partial charge in [-0.2, -0.15) is 0 Å². The van der Waals surface area contributed by atoms with Crippen LogP contribution in [0.15, 0.2) is 54.6 Å². The van der Waals surface area contributed by atoms with E-state index in [-0.39, 0.29) is 5.97 Å². The van der Waals surface area contributed by atoms with E-state index in [0.717, 1.165) is 58.8 Å². The highest BCUT2D eigenvalue weighted by atomic mass is 35.5. The minimum absolute atomic E-state index is 0.366. The highest BCUT2D eigenvalue weighted by molar-refractivity contribution is 7.80. The van der Waals surface area contributed by atoms with Gasteiger partial charge in [-0.15, -0.1) is 11.3 Å². The van der Waals surface area contributed by atoms with E-state index in [2.05, 4.69) is 21.2 Å². The number of hydrogen-bond acceptors (Lipinski definition) is 5. The van der Waals surface area contributed by atoms with Gasteiger partial charge in [0.1, 0.15) is 10.6 Å².